The predicted molar refractivity (Wildman–Crippen MR) is 87.2 cm³/mol. The molecular formula is C18H18F2N2O2. The highest BCUT2D eigenvalue weighted by molar-refractivity contribution is 6.12. The van der Waals surface area contributed by atoms with E-state index in [0.29, 0.717) is 18.5 Å². The summed E-state index contributed by atoms with van der Waals surface area (Å²) in [6, 6.07) is 13.4. The number of rotatable bonds is 3. The van der Waals surface area contributed by atoms with Crippen molar-refractivity contribution in [2.24, 2.45) is 5.41 Å². The molecule has 0 saturated heterocycles. The molecule has 0 heterocycles. The summed E-state index contributed by atoms with van der Waals surface area (Å²) in [5, 5.41) is 5.10. The summed E-state index contributed by atoms with van der Waals surface area (Å²) < 4.78 is 24.6. The molecule has 2 amide bonds. The second-order valence-electron chi connectivity index (χ2n) is 5.42. The van der Waals surface area contributed by atoms with Gasteiger partial charge in [0.15, 0.2) is 0 Å². The van der Waals surface area contributed by atoms with Crippen molar-refractivity contribution >= 4 is 17.5 Å². The Morgan fingerprint density at radius 1 is 0.875 bits per heavy atom. The third kappa shape index (κ3) is 4.38. The molecule has 1 aliphatic carbocycles. The number of hydrogen-bond acceptors (Lipinski definition) is 2. The van der Waals surface area contributed by atoms with E-state index in [1.54, 1.807) is 18.2 Å². The van der Waals surface area contributed by atoms with E-state index in [4.69, 9.17) is 0 Å². The molecule has 1 aliphatic rings. The van der Waals surface area contributed by atoms with Gasteiger partial charge in [-0.3, -0.25) is 9.59 Å². The number of amides is 2. The molecule has 0 bridgehead atoms. The Hall–Kier alpha value is -2.76. The Bertz CT molecular complexity index is 699. The van der Waals surface area contributed by atoms with Crippen LogP contribution in [0.3, 0.4) is 0 Å². The molecule has 2 aromatic rings. The van der Waals surface area contributed by atoms with E-state index >= 15 is 0 Å². The smallest absolute Gasteiger partial charge is 0.240 e. The zero-order valence-corrected chi connectivity index (χ0v) is 13.2. The largest absolute Gasteiger partial charge is 0.358 e. The minimum Gasteiger partial charge on any atom is -0.358 e. The van der Waals surface area contributed by atoms with Crippen LogP contribution in [0.4, 0.5) is 14.5 Å². The van der Waals surface area contributed by atoms with Crippen LogP contribution in [0, 0.1) is 17.0 Å². The van der Waals surface area contributed by atoms with Crippen molar-refractivity contribution in [3.63, 3.8) is 0 Å². The second-order valence-corrected chi connectivity index (χ2v) is 5.42. The fourth-order valence-electron chi connectivity index (χ4n) is 2.12. The van der Waals surface area contributed by atoms with E-state index < -0.39 is 5.41 Å². The average Bonchev–Trinajstić information content (AvgIpc) is 3.39. The fraction of sp³-hybridized carbons (Fsp3) is 0.222. The van der Waals surface area contributed by atoms with Crippen molar-refractivity contribution in [1.29, 1.82) is 0 Å². The van der Waals surface area contributed by atoms with E-state index in [2.05, 4.69) is 10.6 Å². The number of halogens is 2. The maximum Gasteiger partial charge on any atom is 0.240 e. The highest BCUT2D eigenvalue weighted by atomic mass is 19.1. The Balaban J connectivity index is 0.000000249. The van der Waals surface area contributed by atoms with Crippen LogP contribution >= 0.6 is 0 Å². The van der Waals surface area contributed by atoms with Gasteiger partial charge < -0.3 is 10.6 Å². The first kappa shape index (κ1) is 17.6. The molecule has 4 nitrogen and oxygen atoms in total. The second kappa shape index (κ2) is 7.68. The third-order valence-corrected chi connectivity index (χ3v) is 3.68. The summed E-state index contributed by atoms with van der Waals surface area (Å²) in [7, 11) is 1.51. The Morgan fingerprint density at radius 3 is 1.83 bits per heavy atom. The molecule has 0 aliphatic heterocycles. The van der Waals surface area contributed by atoms with E-state index in [0.717, 1.165) is 0 Å². The Kier molecular flexibility index (Phi) is 5.63. The molecule has 1 fully saturated rings. The van der Waals surface area contributed by atoms with Crippen LogP contribution in [0.25, 0.3) is 0 Å². The molecule has 0 atom stereocenters. The normalized spacial score (nSPS) is 14.0. The first-order valence-electron chi connectivity index (χ1n) is 7.48. The van der Waals surface area contributed by atoms with Crippen molar-refractivity contribution in [3.05, 3.63) is 66.2 Å². The lowest BCUT2D eigenvalue weighted by molar-refractivity contribution is -0.134. The summed E-state index contributed by atoms with van der Waals surface area (Å²) in [6.07, 6.45) is 1.11. The molecule has 6 heteroatoms. The molecular weight excluding hydrogens is 314 g/mol. The van der Waals surface area contributed by atoms with Crippen molar-refractivity contribution in [3.8, 4) is 0 Å². The summed E-state index contributed by atoms with van der Waals surface area (Å²) in [5.41, 5.74) is -0.435. The van der Waals surface area contributed by atoms with Gasteiger partial charge in [0.25, 0.3) is 0 Å². The van der Waals surface area contributed by atoms with Crippen LogP contribution < -0.4 is 10.6 Å². The van der Waals surface area contributed by atoms with Gasteiger partial charge in [0.1, 0.15) is 17.0 Å². The number of hydrogen-bond donors (Lipinski definition) is 2. The molecule has 0 radical (unpaired) electrons. The SMILES string of the molecule is CNC(=O)C1(C(=O)Nc2ccc(F)cc2)CC1.Fc1ccccc1. The topological polar surface area (TPSA) is 58.2 Å². The summed E-state index contributed by atoms with van der Waals surface area (Å²) in [4.78, 5) is 23.5. The Labute approximate surface area is 138 Å². The van der Waals surface area contributed by atoms with E-state index in [9.17, 15) is 18.4 Å². The number of carbonyl (C=O) groups is 2. The van der Waals surface area contributed by atoms with Gasteiger partial charge in [0.2, 0.25) is 11.8 Å². The van der Waals surface area contributed by atoms with Gasteiger partial charge in [-0.25, -0.2) is 8.78 Å². The van der Waals surface area contributed by atoms with Gasteiger partial charge in [0.05, 0.1) is 0 Å². The number of carbonyl (C=O) groups excluding carboxylic acids is 2. The quantitative estimate of drug-likeness (QED) is 0.849. The van der Waals surface area contributed by atoms with Gasteiger partial charge >= 0.3 is 0 Å². The molecule has 126 valence electrons. The number of nitrogens with one attached hydrogen (secondary N) is 2. The van der Waals surface area contributed by atoms with Crippen LogP contribution in [-0.4, -0.2) is 18.9 Å². The molecule has 0 spiro atoms. The van der Waals surface area contributed by atoms with Gasteiger partial charge in [-0.1, -0.05) is 18.2 Å². The molecule has 0 aromatic heterocycles. The lowest BCUT2D eigenvalue weighted by Gasteiger charge is -2.13. The fourth-order valence-corrected chi connectivity index (χ4v) is 2.12. The molecule has 0 unspecified atom stereocenters. The van der Waals surface area contributed by atoms with Crippen molar-refractivity contribution in [2.75, 3.05) is 12.4 Å². The molecule has 3 rings (SSSR count). The molecule has 1 saturated carbocycles. The molecule has 2 N–H and O–H groups in total. The van der Waals surface area contributed by atoms with Crippen LogP contribution in [0.2, 0.25) is 0 Å². The maximum atomic E-state index is 12.7. The zero-order valence-electron chi connectivity index (χ0n) is 13.2. The van der Waals surface area contributed by atoms with Gasteiger partial charge in [-0.05, 0) is 49.2 Å². The highest BCUT2D eigenvalue weighted by Gasteiger charge is 2.56. The highest BCUT2D eigenvalue weighted by Crippen LogP contribution is 2.46. The average molecular weight is 332 g/mol. The first-order valence-corrected chi connectivity index (χ1v) is 7.48. The molecule has 24 heavy (non-hydrogen) atoms. The summed E-state index contributed by atoms with van der Waals surface area (Å²) in [6.45, 7) is 0. The minimum atomic E-state index is -0.927. The lowest BCUT2D eigenvalue weighted by Crippen LogP contribution is -2.38. The van der Waals surface area contributed by atoms with Gasteiger partial charge in [0, 0.05) is 12.7 Å². The van der Waals surface area contributed by atoms with Crippen LogP contribution in [0.15, 0.2) is 54.6 Å². The lowest BCUT2D eigenvalue weighted by atomic mass is 10.1. The van der Waals surface area contributed by atoms with Crippen LogP contribution in [0.1, 0.15) is 12.8 Å². The van der Waals surface area contributed by atoms with Crippen molar-refractivity contribution in [2.45, 2.75) is 12.8 Å². The van der Waals surface area contributed by atoms with Crippen molar-refractivity contribution < 1.29 is 18.4 Å². The zero-order chi connectivity index (χ0) is 17.6. The third-order valence-electron chi connectivity index (χ3n) is 3.68. The molecule has 2 aromatic carbocycles. The van der Waals surface area contributed by atoms with E-state index in [1.165, 1.54) is 43.4 Å². The number of benzene rings is 2. The minimum absolute atomic E-state index is 0.178. The van der Waals surface area contributed by atoms with Crippen LogP contribution in [-0.2, 0) is 9.59 Å². The first-order chi connectivity index (χ1) is 11.5. The van der Waals surface area contributed by atoms with E-state index in [1.807, 2.05) is 0 Å². The van der Waals surface area contributed by atoms with E-state index in [-0.39, 0.29) is 23.4 Å². The maximum absolute atomic E-state index is 12.7. The predicted octanol–water partition coefficient (Wildman–Crippen LogP) is 3.12. The number of anilines is 1. The van der Waals surface area contributed by atoms with Gasteiger partial charge in [-0.15, -0.1) is 0 Å². The summed E-state index contributed by atoms with van der Waals surface area (Å²) >= 11 is 0. The van der Waals surface area contributed by atoms with Crippen LogP contribution in [0.5, 0.6) is 0 Å². The standard InChI is InChI=1S/C12H13FN2O2.C6H5F/c1-14-10(16)12(6-7-12)11(17)15-9-4-2-8(13)3-5-9;7-6-4-2-1-3-5-6/h2-5H,6-7H2,1H3,(H,14,16)(H,15,17);1-5H. The van der Waals surface area contributed by atoms with Crippen molar-refractivity contribution in [1.82, 2.24) is 5.32 Å². The Morgan fingerprint density at radius 2 is 1.42 bits per heavy atom. The summed E-state index contributed by atoms with van der Waals surface area (Å²) in [5.74, 6) is -1.14. The van der Waals surface area contributed by atoms with Gasteiger partial charge in [-0.2, -0.15) is 0 Å². The monoisotopic (exact) mass is 332 g/mol.